The van der Waals surface area contributed by atoms with E-state index in [1.165, 1.54) is 6.08 Å². The van der Waals surface area contributed by atoms with Gasteiger partial charge in [0, 0.05) is 16.1 Å². The van der Waals surface area contributed by atoms with E-state index in [1.54, 1.807) is 54.6 Å². The summed E-state index contributed by atoms with van der Waals surface area (Å²) in [7, 11) is 0. The van der Waals surface area contributed by atoms with Crippen LogP contribution in [0.1, 0.15) is 21.5 Å². The van der Waals surface area contributed by atoms with Crippen molar-refractivity contribution in [2.75, 3.05) is 6.61 Å². The minimum Gasteiger partial charge on any atom is -0.454 e. The molecule has 0 amide bonds. The van der Waals surface area contributed by atoms with Crippen molar-refractivity contribution in [3.8, 4) is 6.07 Å². The van der Waals surface area contributed by atoms with E-state index in [2.05, 4.69) is 15.9 Å². The molecule has 0 saturated heterocycles. The molecule has 0 fully saturated rings. The lowest BCUT2D eigenvalue weighted by Crippen LogP contribution is -2.12. The van der Waals surface area contributed by atoms with Gasteiger partial charge in [-0.2, -0.15) is 5.26 Å². The fourth-order valence-corrected chi connectivity index (χ4v) is 2.00. The second-order valence-electron chi connectivity index (χ2n) is 4.60. The highest BCUT2D eigenvalue weighted by molar-refractivity contribution is 9.10. The lowest BCUT2D eigenvalue weighted by Gasteiger charge is -2.02. The molecular formula is C18H12BrNO3. The number of hydrogen-bond donors (Lipinski definition) is 0. The molecule has 0 bridgehead atoms. The van der Waals surface area contributed by atoms with E-state index < -0.39 is 5.97 Å². The number of rotatable bonds is 5. The Bertz CT molecular complexity index is 771. The lowest BCUT2D eigenvalue weighted by atomic mass is 10.1. The Morgan fingerprint density at radius 3 is 2.35 bits per heavy atom. The van der Waals surface area contributed by atoms with E-state index in [1.807, 2.05) is 6.07 Å². The average Bonchev–Trinajstić information content (AvgIpc) is 2.59. The van der Waals surface area contributed by atoms with Crippen LogP contribution in [0.5, 0.6) is 0 Å². The Kier molecular flexibility index (Phi) is 5.84. The molecule has 0 aliphatic rings. The number of nitrogens with zero attached hydrogens (tertiary/aromatic N) is 1. The van der Waals surface area contributed by atoms with Crippen LogP contribution >= 0.6 is 15.9 Å². The van der Waals surface area contributed by atoms with Crippen LogP contribution in [0.25, 0.3) is 6.08 Å². The second-order valence-corrected chi connectivity index (χ2v) is 5.52. The topological polar surface area (TPSA) is 67.2 Å². The van der Waals surface area contributed by atoms with Crippen LogP contribution in [0.3, 0.4) is 0 Å². The highest BCUT2D eigenvalue weighted by atomic mass is 79.9. The van der Waals surface area contributed by atoms with Crippen molar-refractivity contribution in [2.24, 2.45) is 0 Å². The van der Waals surface area contributed by atoms with Gasteiger partial charge in [-0.1, -0.05) is 40.2 Å². The maximum Gasteiger partial charge on any atom is 0.331 e. The van der Waals surface area contributed by atoms with Crippen LogP contribution in [-0.2, 0) is 9.53 Å². The quantitative estimate of drug-likeness (QED) is 0.457. The van der Waals surface area contributed by atoms with Crippen molar-refractivity contribution in [3.05, 3.63) is 75.8 Å². The summed E-state index contributed by atoms with van der Waals surface area (Å²) in [5.41, 5.74) is 1.79. The molecule has 2 aromatic rings. The van der Waals surface area contributed by atoms with Crippen molar-refractivity contribution >= 4 is 33.8 Å². The number of ketones is 1. The molecule has 23 heavy (non-hydrogen) atoms. The first kappa shape index (κ1) is 16.7. The van der Waals surface area contributed by atoms with Crippen LogP contribution < -0.4 is 0 Å². The van der Waals surface area contributed by atoms with E-state index >= 15 is 0 Å². The van der Waals surface area contributed by atoms with E-state index in [4.69, 9.17) is 10.00 Å². The molecule has 0 unspecified atom stereocenters. The molecule has 5 heteroatoms. The minimum atomic E-state index is -0.597. The minimum absolute atomic E-state index is 0.266. The van der Waals surface area contributed by atoms with Crippen LogP contribution in [0.15, 0.2) is 59.1 Å². The summed E-state index contributed by atoms with van der Waals surface area (Å²) in [6.45, 7) is -0.307. The molecular weight excluding hydrogens is 358 g/mol. The van der Waals surface area contributed by atoms with E-state index in [-0.39, 0.29) is 12.4 Å². The third kappa shape index (κ3) is 5.20. The molecule has 0 heterocycles. The molecule has 0 aliphatic heterocycles. The van der Waals surface area contributed by atoms with Gasteiger partial charge in [-0.15, -0.1) is 0 Å². The number of esters is 1. The predicted molar refractivity (Wildman–Crippen MR) is 89.6 cm³/mol. The fraction of sp³-hybridized carbons (Fsp3) is 0.0556. The number of carbonyl (C=O) groups is 2. The van der Waals surface area contributed by atoms with Gasteiger partial charge < -0.3 is 4.74 Å². The molecule has 0 N–H and O–H groups in total. The maximum atomic E-state index is 11.9. The van der Waals surface area contributed by atoms with Gasteiger partial charge in [-0.3, -0.25) is 4.79 Å². The number of nitriles is 1. The first-order chi connectivity index (χ1) is 11.1. The first-order valence-electron chi connectivity index (χ1n) is 6.72. The molecule has 114 valence electrons. The maximum absolute atomic E-state index is 11.9. The standard InChI is InChI=1S/C18H12BrNO3/c19-16-8-6-15(7-9-16)17(21)12-23-18(22)10-5-13-1-3-14(11-20)4-2-13/h1-10H,12H2/b10-5+. The summed E-state index contributed by atoms with van der Waals surface area (Å²) in [5, 5.41) is 8.70. The van der Waals surface area contributed by atoms with Gasteiger partial charge in [0.25, 0.3) is 0 Å². The molecule has 4 nitrogen and oxygen atoms in total. The molecule has 2 rings (SSSR count). The van der Waals surface area contributed by atoms with Gasteiger partial charge in [-0.25, -0.2) is 4.79 Å². The summed E-state index contributed by atoms with van der Waals surface area (Å²) in [6, 6.07) is 15.6. The zero-order valence-corrected chi connectivity index (χ0v) is 13.6. The van der Waals surface area contributed by atoms with Crippen molar-refractivity contribution in [3.63, 3.8) is 0 Å². The van der Waals surface area contributed by atoms with Crippen molar-refractivity contribution in [1.82, 2.24) is 0 Å². The van der Waals surface area contributed by atoms with E-state index in [9.17, 15) is 9.59 Å². The molecule has 2 aromatic carbocycles. The molecule has 0 aromatic heterocycles. The zero-order chi connectivity index (χ0) is 16.7. The molecule has 0 atom stereocenters. The molecule has 0 saturated carbocycles. The van der Waals surface area contributed by atoms with Gasteiger partial charge >= 0.3 is 5.97 Å². The summed E-state index contributed by atoms with van der Waals surface area (Å²) >= 11 is 3.28. The van der Waals surface area contributed by atoms with Gasteiger partial charge in [0.1, 0.15) is 0 Å². The third-order valence-electron chi connectivity index (χ3n) is 2.96. The fourth-order valence-electron chi connectivity index (χ4n) is 1.74. The Labute approximate surface area is 142 Å². The summed E-state index contributed by atoms with van der Waals surface area (Å²) in [6.07, 6.45) is 2.81. The summed E-state index contributed by atoms with van der Waals surface area (Å²) in [4.78, 5) is 23.5. The third-order valence-corrected chi connectivity index (χ3v) is 3.49. The van der Waals surface area contributed by atoms with Crippen LogP contribution in [0.4, 0.5) is 0 Å². The average molecular weight is 370 g/mol. The highest BCUT2D eigenvalue weighted by Crippen LogP contribution is 2.11. The number of benzene rings is 2. The first-order valence-corrected chi connectivity index (χ1v) is 7.51. The second kappa shape index (κ2) is 8.06. The van der Waals surface area contributed by atoms with Gasteiger partial charge in [0.2, 0.25) is 0 Å². The van der Waals surface area contributed by atoms with Crippen LogP contribution in [0.2, 0.25) is 0 Å². The van der Waals surface area contributed by atoms with Crippen molar-refractivity contribution in [1.29, 1.82) is 5.26 Å². The highest BCUT2D eigenvalue weighted by Gasteiger charge is 2.08. The Hall–Kier alpha value is -2.71. The Morgan fingerprint density at radius 1 is 1.09 bits per heavy atom. The number of carbonyl (C=O) groups excluding carboxylic acids is 2. The van der Waals surface area contributed by atoms with Gasteiger partial charge in [0.05, 0.1) is 11.6 Å². The van der Waals surface area contributed by atoms with Gasteiger partial charge in [-0.05, 0) is 35.9 Å². The summed E-state index contributed by atoms with van der Waals surface area (Å²) < 4.78 is 5.79. The van der Waals surface area contributed by atoms with E-state index in [0.29, 0.717) is 11.1 Å². The van der Waals surface area contributed by atoms with Crippen LogP contribution in [-0.4, -0.2) is 18.4 Å². The number of hydrogen-bond acceptors (Lipinski definition) is 4. The monoisotopic (exact) mass is 369 g/mol. The molecule has 0 aliphatic carbocycles. The normalized spacial score (nSPS) is 10.3. The Balaban J connectivity index is 1.86. The largest absolute Gasteiger partial charge is 0.454 e. The molecule has 0 spiro atoms. The van der Waals surface area contributed by atoms with E-state index in [0.717, 1.165) is 10.0 Å². The van der Waals surface area contributed by atoms with Gasteiger partial charge in [0.15, 0.2) is 12.4 Å². The zero-order valence-electron chi connectivity index (χ0n) is 12.0. The number of Topliss-reactive ketones (excluding diaryl/α,β-unsaturated/α-hetero) is 1. The predicted octanol–water partition coefficient (Wildman–Crippen LogP) is 3.76. The number of ether oxygens (including phenoxy) is 1. The van der Waals surface area contributed by atoms with Crippen molar-refractivity contribution in [2.45, 2.75) is 0 Å². The SMILES string of the molecule is N#Cc1ccc(/C=C/C(=O)OCC(=O)c2ccc(Br)cc2)cc1. The van der Waals surface area contributed by atoms with Crippen molar-refractivity contribution < 1.29 is 14.3 Å². The van der Waals surface area contributed by atoms with Crippen LogP contribution in [0, 0.1) is 11.3 Å². The lowest BCUT2D eigenvalue weighted by molar-refractivity contribution is -0.136. The summed E-state index contributed by atoms with van der Waals surface area (Å²) in [5.74, 6) is -0.863. The smallest absolute Gasteiger partial charge is 0.331 e. The number of halogens is 1. The Morgan fingerprint density at radius 2 is 1.74 bits per heavy atom. The molecule has 0 radical (unpaired) electrons.